The molecule has 8 nitrogen and oxygen atoms in total. The number of imidazole rings is 1. The Morgan fingerprint density at radius 2 is 1.67 bits per heavy atom. The molecule has 12 heteroatoms. The molecule has 0 aliphatic rings. The standard InChI is InChI=1S/C30H27Cl2N4O4PS/c1-41(2,38)18-40-22-15-23(31)26(24(32)16-22)29-35-27(25-12-13-33-30(34-25)42-3)28(36(29)37)20-10-7-11-21(14-20)39-17-19-8-5-4-6-9-19/h4-16,37H,17-18H2,1-3H3. The van der Waals surface area contributed by atoms with E-state index in [1.54, 1.807) is 37.7 Å². The molecule has 0 unspecified atom stereocenters. The van der Waals surface area contributed by atoms with Crippen molar-refractivity contribution >= 4 is 42.1 Å². The van der Waals surface area contributed by atoms with Crippen LogP contribution in [-0.2, 0) is 11.2 Å². The zero-order valence-corrected chi connectivity index (χ0v) is 26.2. The molecule has 216 valence electrons. The maximum absolute atomic E-state index is 12.1. The van der Waals surface area contributed by atoms with Gasteiger partial charge in [0.2, 0.25) is 0 Å². The van der Waals surface area contributed by atoms with Gasteiger partial charge in [-0.3, -0.25) is 0 Å². The summed E-state index contributed by atoms with van der Waals surface area (Å²) in [6.45, 7) is 3.65. The number of rotatable bonds is 10. The third kappa shape index (κ3) is 6.93. The van der Waals surface area contributed by atoms with Gasteiger partial charge >= 0.3 is 0 Å². The van der Waals surface area contributed by atoms with Gasteiger partial charge in [0.25, 0.3) is 0 Å². The predicted molar refractivity (Wildman–Crippen MR) is 169 cm³/mol. The third-order valence-electron chi connectivity index (χ3n) is 6.05. The van der Waals surface area contributed by atoms with Gasteiger partial charge in [-0.1, -0.05) is 77.4 Å². The Hall–Kier alpha value is -3.49. The second-order valence-electron chi connectivity index (χ2n) is 9.78. The highest BCUT2D eigenvalue weighted by molar-refractivity contribution is 7.98. The molecule has 0 amide bonds. The highest BCUT2D eigenvalue weighted by atomic mass is 35.5. The third-order valence-corrected chi connectivity index (χ3v) is 7.96. The van der Waals surface area contributed by atoms with Crippen LogP contribution in [0.1, 0.15) is 5.56 Å². The Morgan fingerprint density at radius 1 is 0.929 bits per heavy atom. The van der Waals surface area contributed by atoms with Gasteiger partial charge in [-0.15, -0.1) is 0 Å². The maximum atomic E-state index is 12.1. The SMILES string of the molecule is CSc1nccc(-c2nc(-c3c(Cl)cc(OCP(C)(C)=O)cc3Cl)n(O)c2-c2cccc(OCc3ccccc3)c2)n1. The van der Waals surface area contributed by atoms with Crippen LogP contribution in [0, 0.1) is 0 Å². The van der Waals surface area contributed by atoms with Gasteiger partial charge in [0.15, 0.2) is 11.0 Å². The van der Waals surface area contributed by atoms with Crippen LogP contribution in [0.25, 0.3) is 34.0 Å². The molecule has 0 fully saturated rings. The largest absolute Gasteiger partial charge is 0.489 e. The molecule has 0 radical (unpaired) electrons. The molecule has 0 atom stereocenters. The molecule has 5 aromatic rings. The summed E-state index contributed by atoms with van der Waals surface area (Å²) in [5.74, 6) is 1.08. The summed E-state index contributed by atoms with van der Waals surface area (Å²) in [5.41, 5.74) is 3.23. The van der Waals surface area contributed by atoms with E-state index in [9.17, 15) is 9.77 Å². The number of nitrogens with zero attached hydrogens (tertiary/aromatic N) is 4. The minimum absolute atomic E-state index is 0.0378. The number of halogens is 2. The van der Waals surface area contributed by atoms with Crippen molar-refractivity contribution in [1.82, 2.24) is 19.7 Å². The molecular weight excluding hydrogens is 614 g/mol. The van der Waals surface area contributed by atoms with Gasteiger partial charge in [-0.25, -0.2) is 15.0 Å². The molecular formula is C30H27Cl2N4O4PS. The Kier molecular flexibility index (Phi) is 9.13. The van der Waals surface area contributed by atoms with Crippen molar-refractivity contribution in [3.8, 4) is 45.5 Å². The van der Waals surface area contributed by atoms with Gasteiger partial charge < -0.3 is 19.2 Å². The maximum Gasteiger partial charge on any atom is 0.187 e. The summed E-state index contributed by atoms with van der Waals surface area (Å²) in [5, 5.41) is 12.6. The topological polar surface area (TPSA) is 99.4 Å². The lowest BCUT2D eigenvalue weighted by atomic mass is 10.1. The number of benzene rings is 3. The van der Waals surface area contributed by atoms with Crippen LogP contribution in [-0.4, -0.2) is 50.8 Å². The summed E-state index contributed by atoms with van der Waals surface area (Å²) >= 11 is 14.7. The predicted octanol–water partition coefficient (Wildman–Crippen LogP) is 8.48. The van der Waals surface area contributed by atoms with Crippen molar-refractivity contribution in [2.75, 3.05) is 25.9 Å². The molecule has 42 heavy (non-hydrogen) atoms. The smallest absolute Gasteiger partial charge is 0.187 e. The average Bonchev–Trinajstić information content (AvgIpc) is 3.31. The fraction of sp³-hybridized carbons (Fsp3) is 0.167. The van der Waals surface area contributed by atoms with E-state index in [0.717, 1.165) is 10.3 Å². The van der Waals surface area contributed by atoms with E-state index in [-0.39, 0.29) is 22.2 Å². The van der Waals surface area contributed by atoms with Crippen molar-refractivity contribution in [3.05, 3.63) is 94.6 Å². The van der Waals surface area contributed by atoms with Crippen LogP contribution in [0.4, 0.5) is 0 Å². The Bertz CT molecular complexity index is 1760. The van der Waals surface area contributed by atoms with E-state index in [2.05, 4.69) is 9.97 Å². The van der Waals surface area contributed by atoms with E-state index >= 15 is 0 Å². The van der Waals surface area contributed by atoms with Crippen LogP contribution in [0.15, 0.2) is 84.1 Å². The van der Waals surface area contributed by atoms with Gasteiger partial charge in [0, 0.05) is 11.8 Å². The molecule has 1 N–H and O–H groups in total. The van der Waals surface area contributed by atoms with Crippen molar-refractivity contribution in [2.45, 2.75) is 11.8 Å². The van der Waals surface area contributed by atoms with Gasteiger partial charge in [-0.2, -0.15) is 4.73 Å². The van der Waals surface area contributed by atoms with Crippen LogP contribution in [0.2, 0.25) is 10.0 Å². The number of aromatic nitrogens is 4. The van der Waals surface area contributed by atoms with E-state index in [0.29, 0.717) is 51.5 Å². The molecule has 0 aliphatic heterocycles. The van der Waals surface area contributed by atoms with Crippen molar-refractivity contribution in [2.24, 2.45) is 0 Å². The van der Waals surface area contributed by atoms with Gasteiger partial charge in [0.05, 0.1) is 21.3 Å². The number of thioether (sulfide) groups is 1. The first-order valence-corrected chi connectivity index (χ1v) is 17.5. The first-order chi connectivity index (χ1) is 20.1. The normalized spacial score (nSPS) is 11.5. The first kappa shape index (κ1) is 30.0. The summed E-state index contributed by atoms with van der Waals surface area (Å²) in [6, 6.07) is 22.0. The van der Waals surface area contributed by atoms with E-state index in [1.807, 2.05) is 60.9 Å². The van der Waals surface area contributed by atoms with Crippen LogP contribution >= 0.6 is 42.1 Å². The minimum Gasteiger partial charge on any atom is -0.489 e. The quantitative estimate of drug-likeness (QED) is 0.0702. The molecule has 0 saturated heterocycles. The fourth-order valence-corrected chi connectivity index (χ4v) is 5.59. The summed E-state index contributed by atoms with van der Waals surface area (Å²) < 4.78 is 24.8. The number of hydrogen-bond acceptors (Lipinski definition) is 8. The zero-order chi connectivity index (χ0) is 29.9. The van der Waals surface area contributed by atoms with Gasteiger partial charge in [0.1, 0.15) is 43.0 Å². The van der Waals surface area contributed by atoms with Gasteiger partial charge in [-0.05, 0) is 55.5 Å². The second kappa shape index (κ2) is 12.8. The minimum atomic E-state index is -2.43. The van der Waals surface area contributed by atoms with Crippen LogP contribution < -0.4 is 9.47 Å². The van der Waals surface area contributed by atoms with Crippen molar-refractivity contribution in [3.63, 3.8) is 0 Å². The van der Waals surface area contributed by atoms with Crippen molar-refractivity contribution < 1.29 is 19.2 Å². The molecule has 2 aromatic heterocycles. The Balaban J connectivity index is 1.60. The molecule has 0 bridgehead atoms. The van der Waals surface area contributed by atoms with Crippen LogP contribution in [0.3, 0.4) is 0 Å². The number of hydrogen-bond donors (Lipinski definition) is 1. The van der Waals surface area contributed by atoms with E-state index < -0.39 is 7.14 Å². The first-order valence-electron chi connectivity index (χ1n) is 12.8. The molecule has 2 heterocycles. The molecule has 0 spiro atoms. The lowest BCUT2D eigenvalue weighted by Gasteiger charge is -2.13. The molecule has 0 saturated carbocycles. The summed E-state index contributed by atoms with van der Waals surface area (Å²) in [7, 11) is -2.43. The Morgan fingerprint density at radius 3 is 2.36 bits per heavy atom. The molecule has 0 aliphatic carbocycles. The second-order valence-corrected chi connectivity index (χ2v) is 14.8. The highest BCUT2D eigenvalue weighted by Crippen LogP contribution is 2.43. The lowest BCUT2D eigenvalue weighted by molar-refractivity contribution is 0.195. The van der Waals surface area contributed by atoms with E-state index in [4.69, 9.17) is 37.7 Å². The fourth-order valence-electron chi connectivity index (χ4n) is 4.13. The zero-order valence-electron chi connectivity index (χ0n) is 23.0. The lowest BCUT2D eigenvalue weighted by Crippen LogP contribution is -2.01. The van der Waals surface area contributed by atoms with E-state index in [1.165, 1.54) is 11.8 Å². The van der Waals surface area contributed by atoms with Crippen LogP contribution in [0.5, 0.6) is 11.5 Å². The average molecular weight is 642 g/mol. The monoisotopic (exact) mass is 640 g/mol. The Labute approximate surface area is 258 Å². The summed E-state index contributed by atoms with van der Waals surface area (Å²) in [6.07, 6.45) is 3.55. The van der Waals surface area contributed by atoms with Crippen molar-refractivity contribution in [1.29, 1.82) is 0 Å². The molecule has 3 aromatic carbocycles. The molecule has 5 rings (SSSR count). The number of ether oxygens (including phenoxy) is 2. The highest BCUT2D eigenvalue weighted by Gasteiger charge is 2.26. The summed E-state index contributed by atoms with van der Waals surface area (Å²) in [4.78, 5) is 13.7.